The zero-order valence-electron chi connectivity index (χ0n) is 14.2. The number of nitrogens with zero attached hydrogens (tertiary/aromatic N) is 2. The highest BCUT2D eigenvalue weighted by Gasteiger charge is 2.27. The third-order valence-electron chi connectivity index (χ3n) is 4.69. The second-order valence-corrected chi connectivity index (χ2v) is 6.70. The second kappa shape index (κ2) is 6.95. The van der Waals surface area contributed by atoms with Gasteiger partial charge in [-0.2, -0.15) is 0 Å². The fourth-order valence-corrected chi connectivity index (χ4v) is 3.39. The van der Waals surface area contributed by atoms with E-state index in [1.165, 1.54) is 11.3 Å². The van der Waals surface area contributed by atoms with Crippen LogP contribution in [-0.4, -0.2) is 17.7 Å². The fraction of sp³-hybridized carbons (Fsp3) is 0.238. The number of halogens is 1. The molecule has 2 aromatic carbocycles. The first-order chi connectivity index (χ1) is 12.2. The van der Waals surface area contributed by atoms with Crippen LogP contribution in [0.4, 0.5) is 5.69 Å². The topological polar surface area (TPSA) is 17.4 Å². The zero-order chi connectivity index (χ0) is 17.2. The van der Waals surface area contributed by atoms with E-state index in [1.807, 2.05) is 24.3 Å². The van der Waals surface area contributed by atoms with Crippen LogP contribution in [-0.2, 0) is 11.2 Å². The maximum atomic E-state index is 6.02. The number of hydrogen-bond acceptors (Lipinski definition) is 2. The summed E-state index contributed by atoms with van der Waals surface area (Å²) in [5, 5.41) is 0.747. The van der Waals surface area contributed by atoms with Crippen LogP contribution in [0.1, 0.15) is 24.3 Å². The Morgan fingerprint density at radius 1 is 1.00 bits per heavy atom. The van der Waals surface area contributed by atoms with Crippen LogP contribution in [0.5, 0.6) is 0 Å². The van der Waals surface area contributed by atoms with Crippen LogP contribution in [0.15, 0.2) is 67.0 Å². The van der Waals surface area contributed by atoms with Gasteiger partial charge in [0.2, 0.25) is 0 Å². The molecule has 0 saturated carbocycles. The number of benzene rings is 2. The van der Waals surface area contributed by atoms with Gasteiger partial charge in [-0.1, -0.05) is 30.7 Å². The smallest absolute Gasteiger partial charge is 0.158 e. The molecule has 3 aromatic rings. The summed E-state index contributed by atoms with van der Waals surface area (Å²) >= 11 is 5.98. The monoisotopic (exact) mass is 352 g/mol. The molecule has 1 fully saturated rings. The van der Waals surface area contributed by atoms with Crippen molar-refractivity contribution in [2.24, 2.45) is 0 Å². The maximum absolute atomic E-state index is 6.02. The van der Waals surface area contributed by atoms with Crippen molar-refractivity contribution in [3.8, 4) is 5.69 Å². The predicted molar refractivity (Wildman–Crippen MR) is 103 cm³/mol. The Kier molecular flexibility index (Phi) is 4.51. The van der Waals surface area contributed by atoms with Crippen molar-refractivity contribution in [1.82, 2.24) is 4.57 Å². The molecule has 1 aliphatic rings. The predicted octanol–water partition coefficient (Wildman–Crippen LogP) is 5.23. The quantitative estimate of drug-likeness (QED) is 0.639. The molecule has 0 radical (unpaired) electrons. The molecule has 25 heavy (non-hydrogen) atoms. The summed E-state index contributed by atoms with van der Waals surface area (Å²) in [4.78, 5) is 2.32. The van der Waals surface area contributed by atoms with Gasteiger partial charge in [0.25, 0.3) is 0 Å². The van der Waals surface area contributed by atoms with Crippen molar-refractivity contribution >= 4 is 17.3 Å². The van der Waals surface area contributed by atoms with E-state index in [0.717, 1.165) is 35.8 Å². The number of rotatable bonds is 4. The van der Waals surface area contributed by atoms with E-state index in [2.05, 4.69) is 59.1 Å². The molecule has 128 valence electrons. The summed E-state index contributed by atoms with van der Waals surface area (Å²) in [6.07, 6.45) is 5.22. The molecule has 1 atom stereocenters. The maximum Gasteiger partial charge on any atom is 0.158 e. The Hall–Kier alpha value is -2.23. The zero-order valence-corrected chi connectivity index (χ0v) is 15.0. The molecule has 0 aliphatic carbocycles. The van der Waals surface area contributed by atoms with Gasteiger partial charge in [-0.3, -0.25) is 0 Å². The molecular formula is C21H21ClN2O. The van der Waals surface area contributed by atoms with Crippen molar-refractivity contribution in [3.63, 3.8) is 0 Å². The first kappa shape index (κ1) is 16.2. The molecule has 4 rings (SSSR count). The lowest BCUT2D eigenvalue weighted by molar-refractivity contribution is 0.114. The van der Waals surface area contributed by atoms with E-state index >= 15 is 0 Å². The summed E-state index contributed by atoms with van der Waals surface area (Å²) in [5.41, 5.74) is 4.81. The third-order valence-corrected chi connectivity index (χ3v) is 4.94. The van der Waals surface area contributed by atoms with Gasteiger partial charge in [-0.15, -0.1) is 0 Å². The first-order valence-corrected chi connectivity index (χ1v) is 9.03. The van der Waals surface area contributed by atoms with Gasteiger partial charge in [0.15, 0.2) is 6.23 Å². The molecular weight excluding hydrogens is 332 g/mol. The minimum absolute atomic E-state index is 0.0407. The van der Waals surface area contributed by atoms with E-state index in [0.29, 0.717) is 0 Å². The van der Waals surface area contributed by atoms with Crippen LogP contribution in [0.2, 0.25) is 5.02 Å². The van der Waals surface area contributed by atoms with Gasteiger partial charge in [0.1, 0.15) is 0 Å². The molecule has 2 heterocycles. The Balaban J connectivity index is 1.59. The summed E-state index contributed by atoms with van der Waals surface area (Å²) in [5.74, 6) is 0. The Morgan fingerprint density at radius 2 is 1.72 bits per heavy atom. The van der Waals surface area contributed by atoms with Crippen LogP contribution >= 0.6 is 11.6 Å². The lowest BCUT2D eigenvalue weighted by atomic mass is 10.1. The molecule has 1 aromatic heterocycles. The van der Waals surface area contributed by atoms with Crippen molar-refractivity contribution in [1.29, 1.82) is 0 Å². The Labute approximate surface area is 153 Å². The lowest BCUT2D eigenvalue weighted by Gasteiger charge is -2.24. The summed E-state index contributed by atoms with van der Waals surface area (Å²) < 4.78 is 8.13. The summed E-state index contributed by atoms with van der Waals surface area (Å²) in [6.45, 7) is 3.82. The van der Waals surface area contributed by atoms with E-state index in [9.17, 15) is 0 Å². The van der Waals surface area contributed by atoms with E-state index in [4.69, 9.17) is 16.3 Å². The molecule has 1 saturated heterocycles. The van der Waals surface area contributed by atoms with Gasteiger partial charge >= 0.3 is 0 Å². The number of ether oxygens (including phenoxy) is 1. The van der Waals surface area contributed by atoms with Gasteiger partial charge in [-0.05, 0) is 54.4 Å². The van der Waals surface area contributed by atoms with Crippen LogP contribution in [0.3, 0.4) is 0 Å². The largest absolute Gasteiger partial charge is 0.352 e. The second-order valence-electron chi connectivity index (χ2n) is 6.27. The number of aromatic nitrogens is 1. The van der Waals surface area contributed by atoms with Crippen molar-refractivity contribution in [2.75, 3.05) is 18.1 Å². The highest BCUT2D eigenvalue weighted by atomic mass is 35.5. The molecule has 3 nitrogen and oxygen atoms in total. The van der Waals surface area contributed by atoms with Crippen molar-refractivity contribution < 1.29 is 4.74 Å². The van der Waals surface area contributed by atoms with Crippen LogP contribution < -0.4 is 4.90 Å². The lowest BCUT2D eigenvalue weighted by Crippen LogP contribution is -2.22. The van der Waals surface area contributed by atoms with E-state index in [1.54, 1.807) is 0 Å². The molecule has 0 amide bonds. The third kappa shape index (κ3) is 3.30. The van der Waals surface area contributed by atoms with Gasteiger partial charge in [0.05, 0.1) is 6.61 Å². The number of aryl methyl sites for hydroxylation is 1. The molecule has 0 bridgehead atoms. The standard InChI is InChI=1S/C21H21ClN2O/c1-2-16-3-7-20(8-4-16)24-13-14-25-21(24)17-11-12-23(15-17)19-9-5-18(22)6-10-19/h3-12,15,21H,2,13-14H2,1H3. The Bertz CT molecular complexity index is 839. The van der Waals surface area contributed by atoms with Crippen LogP contribution in [0, 0.1) is 0 Å². The van der Waals surface area contributed by atoms with Crippen molar-refractivity contribution in [2.45, 2.75) is 19.6 Å². The fourth-order valence-electron chi connectivity index (χ4n) is 3.27. The highest BCUT2D eigenvalue weighted by molar-refractivity contribution is 6.30. The Morgan fingerprint density at radius 3 is 2.44 bits per heavy atom. The highest BCUT2D eigenvalue weighted by Crippen LogP contribution is 2.33. The van der Waals surface area contributed by atoms with Gasteiger partial charge < -0.3 is 14.2 Å². The van der Waals surface area contributed by atoms with Crippen LogP contribution in [0.25, 0.3) is 5.69 Å². The summed E-state index contributed by atoms with van der Waals surface area (Å²) in [7, 11) is 0. The van der Waals surface area contributed by atoms with Crippen molar-refractivity contribution in [3.05, 3.63) is 83.1 Å². The average molecular weight is 353 g/mol. The van der Waals surface area contributed by atoms with Gasteiger partial charge in [0, 0.05) is 40.9 Å². The molecule has 4 heteroatoms. The molecule has 1 unspecified atom stereocenters. The minimum Gasteiger partial charge on any atom is -0.352 e. The van der Waals surface area contributed by atoms with E-state index in [-0.39, 0.29) is 6.23 Å². The summed E-state index contributed by atoms with van der Waals surface area (Å²) in [6, 6.07) is 18.7. The van der Waals surface area contributed by atoms with Gasteiger partial charge in [-0.25, -0.2) is 0 Å². The van der Waals surface area contributed by atoms with E-state index < -0.39 is 0 Å². The number of hydrogen-bond donors (Lipinski definition) is 0. The SMILES string of the molecule is CCc1ccc(N2CCOC2c2ccn(-c3ccc(Cl)cc3)c2)cc1. The normalized spacial score (nSPS) is 17.2. The average Bonchev–Trinajstić information content (AvgIpc) is 3.31. The molecule has 0 N–H and O–H groups in total. The number of anilines is 1. The minimum atomic E-state index is -0.0407. The molecule has 0 spiro atoms. The molecule has 1 aliphatic heterocycles. The first-order valence-electron chi connectivity index (χ1n) is 8.65.